The molecule has 22 heavy (non-hydrogen) atoms. The first-order valence-corrected chi connectivity index (χ1v) is 9.18. The van der Waals surface area contributed by atoms with Crippen molar-refractivity contribution in [3.05, 3.63) is 35.9 Å². The number of amides is 1. The highest BCUT2D eigenvalue weighted by Gasteiger charge is 2.31. The van der Waals surface area contributed by atoms with Crippen LogP contribution in [0.15, 0.2) is 30.3 Å². The highest BCUT2D eigenvalue weighted by molar-refractivity contribution is 7.88. The fourth-order valence-corrected chi connectivity index (χ4v) is 3.57. The standard InChI is InChI=1S/C15H23N3O3S/c1-16-15(19)14-11-17(10-13-6-4-3-5-7-13)8-9-18(12-14)22(2,20)21/h3-7,14H,8-12H2,1-2H3,(H,16,19). The molecule has 1 saturated heterocycles. The number of sulfonamides is 1. The van der Waals surface area contributed by atoms with Crippen LogP contribution in [0.5, 0.6) is 0 Å². The van der Waals surface area contributed by atoms with Gasteiger partial charge in [0.05, 0.1) is 12.2 Å². The van der Waals surface area contributed by atoms with E-state index in [-0.39, 0.29) is 18.4 Å². The third-order valence-electron chi connectivity index (χ3n) is 3.90. The molecule has 1 amide bonds. The lowest BCUT2D eigenvalue weighted by Gasteiger charge is -2.23. The van der Waals surface area contributed by atoms with Crippen LogP contribution in [-0.2, 0) is 21.4 Å². The summed E-state index contributed by atoms with van der Waals surface area (Å²) >= 11 is 0. The number of hydrogen-bond acceptors (Lipinski definition) is 4. The second kappa shape index (κ2) is 7.21. The summed E-state index contributed by atoms with van der Waals surface area (Å²) in [5, 5.41) is 2.63. The molecule has 1 heterocycles. The molecule has 1 aromatic rings. The third-order valence-corrected chi connectivity index (χ3v) is 5.17. The van der Waals surface area contributed by atoms with Gasteiger partial charge >= 0.3 is 0 Å². The van der Waals surface area contributed by atoms with Crippen molar-refractivity contribution in [3.63, 3.8) is 0 Å². The van der Waals surface area contributed by atoms with Gasteiger partial charge in [0.1, 0.15) is 0 Å². The van der Waals surface area contributed by atoms with E-state index in [4.69, 9.17) is 0 Å². The first kappa shape index (κ1) is 16.9. The Hall–Kier alpha value is -1.44. The summed E-state index contributed by atoms with van der Waals surface area (Å²) < 4.78 is 25.1. The van der Waals surface area contributed by atoms with Crippen molar-refractivity contribution in [2.75, 3.05) is 39.5 Å². The predicted molar refractivity (Wildman–Crippen MR) is 85.7 cm³/mol. The van der Waals surface area contributed by atoms with Crippen molar-refractivity contribution < 1.29 is 13.2 Å². The Morgan fingerprint density at radius 3 is 2.50 bits per heavy atom. The van der Waals surface area contributed by atoms with Gasteiger partial charge in [-0.1, -0.05) is 30.3 Å². The van der Waals surface area contributed by atoms with Crippen LogP contribution in [0, 0.1) is 5.92 Å². The average molecular weight is 325 g/mol. The van der Waals surface area contributed by atoms with Crippen LogP contribution >= 0.6 is 0 Å². The Kier molecular flexibility index (Phi) is 5.55. The Bertz CT molecular complexity index is 604. The lowest BCUT2D eigenvalue weighted by molar-refractivity contribution is -0.125. The van der Waals surface area contributed by atoms with E-state index in [9.17, 15) is 13.2 Å². The minimum Gasteiger partial charge on any atom is -0.359 e. The summed E-state index contributed by atoms with van der Waals surface area (Å²) in [7, 11) is -1.71. The molecule has 1 atom stereocenters. The van der Waals surface area contributed by atoms with Crippen LogP contribution in [0.3, 0.4) is 0 Å². The highest BCUT2D eigenvalue weighted by atomic mass is 32.2. The fourth-order valence-electron chi connectivity index (χ4n) is 2.71. The molecule has 122 valence electrons. The molecule has 2 rings (SSSR count). The maximum absolute atomic E-state index is 12.0. The molecule has 1 N–H and O–H groups in total. The van der Waals surface area contributed by atoms with E-state index < -0.39 is 10.0 Å². The fraction of sp³-hybridized carbons (Fsp3) is 0.533. The van der Waals surface area contributed by atoms with Crippen molar-refractivity contribution in [1.29, 1.82) is 0 Å². The second-order valence-electron chi connectivity index (χ2n) is 5.65. The maximum Gasteiger partial charge on any atom is 0.225 e. The predicted octanol–water partition coefficient (Wildman–Crippen LogP) is 0.126. The van der Waals surface area contributed by atoms with Gasteiger partial charge in [-0.3, -0.25) is 9.69 Å². The van der Waals surface area contributed by atoms with Crippen molar-refractivity contribution >= 4 is 15.9 Å². The molecule has 1 fully saturated rings. The summed E-state index contributed by atoms with van der Waals surface area (Å²) in [6.45, 7) is 2.55. The number of benzene rings is 1. The van der Waals surface area contributed by atoms with E-state index in [1.54, 1.807) is 7.05 Å². The molecular weight excluding hydrogens is 302 g/mol. The van der Waals surface area contributed by atoms with Gasteiger partial charge in [0.25, 0.3) is 0 Å². The van der Waals surface area contributed by atoms with E-state index in [1.165, 1.54) is 10.6 Å². The molecule has 0 saturated carbocycles. The third kappa shape index (κ3) is 4.53. The number of hydrogen-bond donors (Lipinski definition) is 1. The van der Waals surface area contributed by atoms with Gasteiger partial charge in [-0.15, -0.1) is 0 Å². The van der Waals surface area contributed by atoms with Crippen molar-refractivity contribution in [1.82, 2.24) is 14.5 Å². The van der Waals surface area contributed by atoms with E-state index in [1.807, 2.05) is 30.3 Å². The second-order valence-corrected chi connectivity index (χ2v) is 7.64. The largest absolute Gasteiger partial charge is 0.359 e. The number of carbonyl (C=O) groups excluding carboxylic acids is 1. The molecule has 6 nitrogen and oxygen atoms in total. The average Bonchev–Trinajstić information content (AvgIpc) is 2.70. The van der Waals surface area contributed by atoms with Crippen LogP contribution in [0.1, 0.15) is 5.56 Å². The maximum atomic E-state index is 12.0. The first-order valence-electron chi connectivity index (χ1n) is 7.33. The number of rotatable bonds is 4. The van der Waals surface area contributed by atoms with E-state index in [0.717, 1.165) is 5.56 Å². The Morgan fingerprint density at radius 2 is 1.91 bits per heavy atom. The molecule has 1 aromatic carbocycles. The van der Waals surface area contributed by atoms with Gasteiger partial charge in [-0.25, -0.2) is 12.7 Å². The topological polar surface area (TPSA) is 69.7 Å². The van der Waals surface area contributed by atoms with Crippen LogP contribution in [0.4, 0.5) is 0 Å². The smallest absolute Gasteiger partial charge is 0.225 e. The summed E-state index contributed by atoms with van der Waals surface area (Å²) in [6.07, 6.45) is 1.20. The Morgan fingerprint density at radius 1 is 1.23 bits per heavy atom. The van der Waals surface area contributed by atoms with E-state index in [0.29, 0.717) is 26.2 Å². The van der Waals surface area contributed by atoms with Crippen LogP contribution < -0.4 is 5.32 Å². The van der Waals surface area contributed by atoms with Gasteiger partial charge < -0.3 is 5.32 Å². The van der Waals surface area contributed by atoms with Gasteiger partial charge in [0, 0.05) is 39.8 Å². The Balaban J connectivity index is 2.14. The number of carbonyl (C=O) groups is 1. The zero-order valence-electron chi connectivity index (χ0n) is 13.0. The number of nitrogens with one attached hydrogen (secondary N) is 1. The molecule has 0 bridgehead atoms. The zero-order chi connectivity index (χ0) is 16.2. The lowest BCUT2D eigenvalue weighted by Crippen LogP contribution is -2.41. The summed E-state index contributed by atoms with van der Waals surface area (Å²) in [6, 6.07) is 9.99. The quantitative estimate of drug-likeness (QED) is 0.854. The zero-order valence-corrected chi connectivity index (χ0v) is 13.8. The van der Waals surface area contributed by atoms with Crippen molar-refractivity contribution in [2.45, 2.75) is 6.54 Å². The molecule has 1 unspecified atom stereocenters. The normalized spacial score (nSPS) is 21.3. The van der Waals surface area contributed by atoms with Gasteiger partial charge in [0.15, 0.2) is 0 Å². The monoisotopic (exact) mass is 325 g/mol. The molecule has 1 aliphatic heterocycles. The minimum atomic E-state index is -3.29. The van der Waals surface area contributed by atoms with Crippen molar-refractivity contribution in [2.24, 2.45) is 5.92 Å². The summed E-state index contributed by atoms with van der Waals surface area (Å²) in [5.41, 5.74) is 1.16. The van der Waals surface area contributed by atoms with E-state index >= 15 is 0 Å². The van der Waals surface area contributed by atoms with Gasteiger partial charge in [-0.2, -0.15) is 0 Å². The molecular formula is C15H23N3O3S. The number of nitrogens with zero attached hydrogens (tertiary/aromatic N) is 2. The van der Waals surface area contributed by atoms with Crippen LogP contribution in [0.2, 0.25) is 0 Å². The summed E-state index contributed by atoms with van der Waals surface area (Å²) in [4.78, 5) is 14.2. The SMILES string of the molecule is CNC(=O)C1CN(Cc2ccccc2)CCN(S(C)(=O)=O)C1. The lowest BCUT2D eigenvalue weighted by atomic mass is 10.1. The molecule has 0 aliphatic carbocycles. The van der Waals surface area contributed by atoms with E-state index in [2.05, 4.69) is 10.2 Å². The first-order chi connectivity index (χ1) is 10.4. The molecule has 7 heteroatoms. The minimum absolute atomic E-state index is 0.117. The van der Waals surface area contributed by atoms with Crippen LogP contribution in [0.25, 0.3) is 0 Å². The summed E-state index contributed by atoms with van der Waals surface area (Å²) in [5.74, 6) is -0.473. The van der Waals surface area contributed by atoms with Crippen LogP contribution in [-0.4, -0.2) is 63.0 Å². The molecule has 0 radical (unpaired) electrons. The molecule has 1 aliphatic rings. The highest BCUT2D eigenvalue weighted by Crippen LogP contribution is 2.15. The Labute approximate surface area is 132 Å². The van der Waals surface area contributed by atoms with Gasteiger partial charge in [0.2, 0.25) is 15.9 Å². The van der Waals surface area contributed by atoms with Gasteiger partial charge in [-0.05, 0) is 5.56 Å². The molecule has 0 aromatic heterocycles. The molecule has 0 spiro atoms. The van der Waals surface area contributed by atoms with Crippen molar-refractivity contribution in [3.8, 4) is 0 Å².